The van der Waals surface area contributed by atoms with E-state index in [1.165, 1.54) is 18.3 Å². The van der Waals surface area contributed by atoms with E-state index < -0.39 is 5.91 Å². The van der Waals surface area contributed by atoms with Crippen molar-refractivity contribution in [3.05, 3.63) is 45.8 Å². The van der Waals surface area contributed by atoms with Crippen molar-refractivity contribution in [1.29, 1.82) is 0 Å². The zero-order chi connectivity index (χ0) is 16.4. The van der Waals surface area contributed by atoms with Gasteiger partial charge in [-0.2, -0.15) is 14.6 Å². The predicted molar refractivity (Wildman–Crippen MR) is 82.8 cm³/mol. The Morgan fingerprint density at radius 3 is 3.00 bits per heavy atom. The molecule has 3 aromatic rings. The molecule has 0 saturated carbocycles. The van der Waals surface area contributed by atoms with Gasteiger partial charge in [0.15, 0.2) is 16.6 Å². The van der Waals surface area contributed by atoms with Gasteiger partial charge >= 0.3 is 0 Å². The van der Waals surface area contributed by atoms with Crippen molar-refractivity contribution >= 4 is 23.5 Å². The largest absolute Gasteiger partial charge is 0.355 e. The molecule has 0 fully saturated rings. The van der Waals surface area contributed by atoms with Crippen LogP contribution in [0.25, 0.3) is 11.3 Å². The van der Waals surface area contributed by atoms with Crippen LogP contribution in [-0.4, -0.2) is 27.1 Å². The number of hydrogen-bond acceptors (Lipinski definition) is 6. The first-order valence-corrected chi connectivity index (χ1v) is 7.40. The van der Waals surface area contributed by atoms with Crippen molar-refractivity contribution in [2.24, 2.45) is 12.1 Å². The van der Waals surface area contributed by atoms with Gasteiger partial charge in [-0.1, -0.05) is 5.16 Å². The van der Waals surface area contributed by atoms with Crippen LogP contribution in [0.5, 0.6) is 0 Å². The molecule has 3 aromatic heterocycles. The van der Waals surface area contributed by atoms with Gasteiger partial charge in [-0.25, -0.2) is 5.43 Å². The number of aromatic nitrogens is 3. The second-order valence-corrected chi connectivity index (χ2v) is 5.75. The highest BCUT2D eigenvalue weighted by molar-refractivity contribution is 7.12. The maximum Gasteiger partial charge on any atom is 0.293 e. The molecule has 9 heteroatoms. The van der Waals surface area contributed by atoms with Crippen LogP contribution in [0.3, 0.4) is 0 Å². The molecule has 0 atom stereocenters. The molecule has 0 bridgehead atoms. The fourth-order valence-corrected chi connectivity index (χ4v) is 2.46. The number of thiophene rings is 1. The SMILES string of the molecule is Cc1c(-c2cc(C(=O)NN=Cc3ccc(F)s3)no2)cnn1C. The summed E-state index contributed by atoms with van der Waals surface area (Å²) in [5, 5.41) is 11.3. The maximum absolute atomic E-state index is 12.8. The highest BCUT2D eigenvalue weighted by Crippen LogP contribution is 2.23. The first-order chi connectivity index (χ1) is 11.0. The third-order valence-electron chi connectivity index (χ3n) is 3.20. The Morgan fingerprint density at radius 1 is 1.52 bits per heavy atom. The Labute approximate surface area is 134 Å². The summed E-state index contributed by atoms with van der Waals surface area (Å²) in [5.41, 5.74) is 4.06. The van der Waals surface area contributed by atoms with Crippen LogP contribution in [0.15, 0.2) is 34.0 Å². The second kappa shape index (κ2) is 6.13. The van der Waals surface area contributed by atoms with Crippen molar-refractivity contribution in [2.45, 2.75) is 6.92 Å². The topological polar surface area (TPSA) is 85.3 Å². The number of halogens is 1. The lowest BCUT2D eigenvalue weighted by atomic mass is 10.2. The highest BCUT2D eigenvalue weighted by Gasteiger charge is 2.16. The zero-order valence-corrected chi connectivity index (χ0v) is 13.1. The number of nitrogens with zero attached hydrogens (tertiary/aromatic N) is 4. The molecule has 0 spiro atoms. The van der Waals surface area contributed by atoms with E-state index >= 15 is 0 Å². The number of hydrogen-bond donors (Lipinski definition) is 1. The summed E-state index contributed by atoms with van der Waals surface area (Å²) in [6.45, 7) is 1.88. The molecular weight excluding hydrogens is 321 g/mol. The molecule has 1 amide bonds. The van der Waals surface area contributed by atoms with Crippen LogP contribution >= 0.6 is 11.3 Å². The Morgan fingerprint density at radius 2 is 2.35 bits per heavy atom. The molecular formula is C14H12FN5O2S. The average molecular weight is 333 g/mol. The van der Waals surface area contributed by atoms with Crippen molar-refractivity contribution < 1.29 is 13.7 Å². The van der Waals surface area contributed by atoms with Crippen LogP contribution in [0, 0.1) is 12.1 Å². The molecule has 23 heavy (non-hydrogen) atoms. The number of carbonyl (C=O) groups is 1. The van der Waals surface area contributed by atoms with Gasteiger partial charge < -0.3 is 4.52 Å². The minimum absolute atomic E-state index is 0.0952. The average Bonchev–Trinajstić information content (AvgIpc) is 3.22. The van der Waals surface area contributed by atoms with E-state index in [9.17, 15) is 9.18 Å². The van der Waals surface area contributed by atoms with Gasteiger partial charge in [0.1, 0.15) is 0 Å². The van der Waals surface area contributed by atoms with E-state index in [1.807, 2.05) is 14.0 Å². The summed E-state index contributed by atoms with van der Waals surface area (Å²) in [5.74, 6) is -0.0696. The Balaban J connectivity index is 1.69. The molecule has 3 rings (SSSR count). The summed E-state index contributed by atoms with van der Waals surface area (Å²) >= 11 is 0.930. The molecule has 0 unspecified atom stereocenters. The fraction of sp³-hybridized carbons (Fsp3) is 0.143. The van der Waals surface area contributed by atoms with E-state index in [0.717, 1.165) is 22.6 Å². The summed E-state index contributed by atoms with van der Waals surface area (Å²) in [6.07, 6.45) is 3.00. The van der Waals surface area contributed by atoms with Crippen LogP contribution in [0.2, 0.25) is 0 Å². The number of nitrogens with one attached hydrogen (secondary N) is 1. The van der Waals surface area contributed by atoms with Gasteiger partial charge in [-0.05, 0) is 19.1 Å². The molecule has 0 aliphatic carbocycles. The molecule has 0 aromatic carbocycles. The van der Waals surface area contributed by atoms with Crippen molar-refractivity contribution in [3.63, 3.8) is 0 Å². The third kappa shape index (κ3) is 3.19. The first-order valence-electron chi connectivity index (χ1n) is 6.59. The number of rotatable bonds is 4. The van der Waals surface area contributed by atoms with Gasteiger partial charge in [0.25, 0.3) is 5.91 Å². The molecule has 0 aliphatic heterocycles. The standard InChI is InChI=1S/C14H12FN5O2S/c1-8-10(7-17-20(8)2)12-5-11(19-22-12)14(21)18-16-6-9-3-4-13(15)23-9/h3-7H,1-2H3,(H,18,21). The molecule has 7 nitrogen and oxygen atoms in total. The van der Waals surface area contributed by atoms with E-state index in [0.29, 0.717) is 10.6 Å². The Hall–Kier alpha value is -2.81. The molecule has 118 valence electrons. The van der Waals surface area contributed by atoms with Gasteiger partial charge in [0.2, 0.25) is 0 Å². The van der Waals surface area contributed by atoms with Crippen LogP contribution < -0.4 is 5.43 Å². The first kappa shape index (κ1) is 15.1. The lowest BCUT2D eigenvalue weighted by Crippen LogP contribution is -2.17. The van der Waals surface area contributed by atoms with Gasteiger partial charge in [0.05, 0.1) is 22.9 Å². The van der Waals surface area contributed by atoms with Crippen molar-refractivity contribution in [1.82, 2.24) is 20.4 Å². The molecule has 0 radical (unpaired) electrons. The molecule has 0 aliphatic rings. The summed E-state index contributed by atoms with van der Waals surface area (Å²) in [4.78, 5) is 12.5. The lowest BCUT2D eigenvalue weighted by molar-refractivity contribution is 0.0946. The number of amides is 1. The predicted octanol–water partition coefficient (Wildman–Crippen LogP) is 2.35. The van der Waals surface area contributed by atoms with E-state index in [4.69, 9.17) is 4.52 Å². The monoisotopic (exact) mass is 333 g/mol. The van der Waals surface area contributed by atoms with Crippen LogP contribution in [0.4, 0.5) is 4.39 Å². The second-order valence-electron chi connectivity index (χ2n) is 4.68. The molecule has 0 saturated heterocycles. The summed E-state index contributed by atoms with van der Waals surface area (Å²) < 4.78 is 19.7. The normalized spacial score (nSPS) is 11.3. The summed E-state index contributed by atoms with van der Waals surface area (Å²) in [7, 11) is 1.81. The minimum atomic E-state index is -0.519. The smallest absolute Gasteiger partial charge is 0.293 e. The minimum Gasteiger partial charge on any atom is -0.355 e. The number of aryl methyl sites for hydroxylation is 1. The van der Waals surface area contributed by atoms with Crippen LogP contribution in [0.1, 0.15) is 21.1 Å². The summed E-state index contributed by atoms with van der Waals surface area (Å²) in [6, 6.07) is 4.41. The van der Waals surface area contributed by atoms with Crippen LogP contribution in [-0.2, 0) is 7.05 Å². The van der Waals surface area contributed by atoms with E-state index in [-0.39, 0.29) is 10.8 Å². The lowest BCUT2D eigenvalue weighted by Gasteiger charge is -1.94. The zero-order valence-electron chi connectivity index (χ0n) is 12.3. The quantitative estimate of drug-likeness (QED) is 0.586. The Kier molecular flexibility index (Phi) is 4.02. The molecule has 3 heterocycles. The van der Waals surface area contributed by atoms with E-state index in [1.54, 1.807) is 16.9 Å². The Bertz CT molecular complexity index is 880. The molecule has 1 N–H and O–H groups in total. The van der Waals surface area contributed by atoms with Gasteiger partial charge in [-0.3, -0.25) is 9.48 Å². The number of hydrazone groups is 1. The van der Waals surface area contributed by atoms with Gasteiger partial charge in [0, 0.05) is 18.8 Å². The fourth-order valence-electron chi connectivity index (χ4n) is 1.86. The third-order valence-corrected chi connectivity index (χ3v) is 4.00. The number of carbonyl (C=O) groups excluding carboxylic acids is 1. The van der Waals surface area contributed by atoms with Crippen molar-refractivity contribution in [3.8, 4) is 11.3 Å². The highest BCUT2D eigenvalue weighted by atomic mass is 32.1. The van der Waals surface area contributed by atoms with E-state index in [2.05, 4.69) is 20.8 Å². The van der Waals surface area contributed by atoms with Gasteiger partial charge in [-0.15, -0.1) is 11.3 Å². The van der Waals surface area contributed by atoms with Crippen molar-refractivity contribution in [2.75, 3.05) is 0 Å². The maximum atomic E-state index is 12.8.